The highest BCUT2D eigenvalue weighted by Gasteiger charge is 2.23. The predicted molar refractivity (Wildman–Crippen MR) is 101 cm³/mol. The molecule has 0 aliphatic carbocycles. The Morgan fingerprint density at radius 3 is 2.46 bits per heavy atom. The van der Waals surface area contributed by atoms with E-state index in [0.717, 1.165) is 30.2 Å². The van der Waals surface area contributed by atoms with Gasteiger partial charge in [0, 0.05) is 45.5 Å². The van der Waals surface area contributed by atoms with E-state index in [1.54, 1.807) is 6.07 Å². The van der Waals surface area contributed by atoms with Gasteiger partial charge in [-0.2, -0.15) is 0 Å². The molecule has 1 aromatic rings. The number of hydrogen-bond acceptors (Lipinski definition) is 6. The molecular formula is C17H29N5O3S. The molecule has 0 radical (unpaired) electrons. The molecule has 1 fully saturated rings. The van der Waals surface area contributed by atoms with Crippen LogP contribution in [0.5, 0.6) is 0 Å². The maximum atomic E-state index is 12.1. The first-order valence-electron chi connectivity index (χ1n) is 8.77. The largest absolute Gasteiger partial charge is 0.368 e. The maximum Gasteiger partial charge on any atom is 0.244 e. The van der Waals surface area contributed by atoms with Crippen LogP contribution < -0.4 is 10.6 Å². The molecule has 2 heterocycles. The quantitative estimate of drug-likeness (QED) is 0.687. The van der Waals surface area contributed by atoms with Crippen molar-refractivity contribution in [2.24, 2.45) is 0 Å². The summed E-state index contributed by atoms with van der Waals surface area (Å²) in [5.74, 6) is 0.718. The number of pyridine rings is 1. The standard InChI is InChI=1S/C17H29N5O3S/c1-17(2,20-12-16(23)22-9-5-6-10-22)13-19-15-8-7-14(11-18-15)26(24,25)21(3)4/h7-8,11,20H,5-6,9-10,12-13H2,1-4H3,(H,18,19). The lowest BCUT2D eigenvalue weighted by Crippen LogP contribution is -2.49. The van der Waals surface area contributed by atoms with Gasteiger partial charge in [-0.1, -0.05) is 0 Å². The van der Waals surface area contributed by atoms with Crippen LogP contribution >= 0.6 is 0 Å². The number of nitrogens with one attached hydrogen (secondary N) is 2. The Morgan fingerprint density at radius 1 is 1.27 bits per heavy atom. The zero-order valence-corrected chi connectivity index (χ0v) is 16.8. The second kappa shape index (κ2) is 8.32. The zero-order chi connectivity index (χ0) is 19.4. The summed E-state index contributed by atoms with van der Waals surface area (Å²) in [6.45, 7) is 6.57. The van der Waals surface area contributed by atoms with E-state index >= 15 is 0 Å². The van der Waals surface area contributed by atoms with Gasteiger partial charge in [-0.05, 0) is 38.8 Å². The molecule has 146 valence electrons. The van der Waals surface area contributed by atoms with E-state index in [2.05, 4.69) is 15.6 Å². The topological polar surface area (TPSA) is 94.6 Å². The molecule has 0 aromatic carbocycles. The van der Waals surface area contributed by atoms with Crippen molar-refractivity contribution >= 4 is 21.7 Å². The third kappa shape index (κ3) is 5.39. The highest BCUT2D eigenvalue weighted by molar-refractivity contribution is 7.89. The van der Waals surface area contributed by atoms with E-state index in [4.69, 9.17) is 0 Å². The van der Waals surface area contributed by atoms with Gasteiger partial charge in [-0.3, -0.25) is 4.79 Å². The van der Waals surface area contributed by atoms with Gasteiger partial charge in [-0.15, -0.1) is 0 Å². The molecule has 9 heteroatoms. The Labute approximate surface area is 156 Å². The smallest absolute Gasteiger partial charge is 0.244 e. The summed E-state index contributed by atoms with van der Waals surface area (Å²) in [6.07, 6.45) is 3.51. The first-order chi connectivity index (χ1) is 12.1. The first-order valence-corrected chi connectivity index (χ1v) is 10.2. The van der Waals surface area contributed by atoms with Gasteiger partial charge in [-0.25, -0.2) is 17.7 Å². The fourth-order valence-electron chi connectivity index (χ4n) is 2.62. The van der Waals surface area contributed by atoms with Crippen LogP contribution in [0.15, 0.2) is 23.2 Å². The molecule has 2 N–H and O–H groups in total. The maximum absolute atomic E-state index is 12.1. The summed E-state index contributed by atoms with van der Waals surface area (Å²) in [7, 11) is -0.504. The normalized spacial score (nSPS) is 15.5. The van der Waals surface area contributed by atoms with E-state index in [1.807, 2.05) is 18.7 Å². The number of carbonyl (C=O) groups excluding carboxylic acids is 1. The van der Waals surface area contributed by atoms with Gasteiger partial charge >= 0.3 is 0 Å². The molecule has 0 spiro atoms. The second-order valence-corrected chi connectivity index (χ2v) is 9.50. The van der Waals surface area contributed by atoms with Crippen LogP contribution in [0.3, 0.4) is 0 Å². The van der Waals surface area contributed by atoms with Crippen LogP contribution in [0.4, 0.5) is 5.82 Å². The van der Waals surface area contributed by atoms with Crippen molar-refractivity contribution in [3.63, 3.8) is 0 Å². The number of carbonyl (C=O) groups is 1. The molecule has 1 saturated heterocycles. The van der Waals surface area contributed by atoms with Gasteiger partial charge in [0.1, 0.15) is 10.7 Å². The number of rotatable bonds is 8. The van der Waals surface area contributed by atoms with Crippen molar-refractivity contribution in [3.05, 3.63) is 18.3 Å². The minimum atomic E-state index is -3.47. The molecule has 1 amide bonds. The highest BCUT2D eigenvalue weighted by Crippen LogP contribution is 2.14. The number of amides is 1. The van der Waals surface area contributed by atoms with Crippen molar-refractivity contribution in [2.45, 2.75) is 37.1 Å². The van der Waals surface area contributed by atoms with Crippen LogP contribution in [0.25, 0.3) is 0 Å². The average molecular weight is 384 g/mol. The van der Waals surface area contributed by atoms with Crippen molar-refractivity contribution < 1.29 is 13.2 Å². The van der Waals surface area contributed by atoms with E-state index < -0.39 is 10.0 Å². The predicted octanol–water partition coefficient (Wildman–Crippen LogP) is 0.734. The number of anilines is 1. The van der Waals surface area contributed by atoms with Gasteiger partial charge in [0.2, 0.25) is 15.9 Å². The lowest BCUT2D eigenvalue weighted by Gasteiger charge is -2.28. The second-order valence-electron chi connectivity index (χ2n) is 7.35. The molecule has 1 aliphatic heterocycles. The van der Waals surface area contributed by atoms with E-state index in [1.165, 1.54) is 26.4 Å². The SMILES string of the molecule is CN(C)S(=O)(=O)c1ccc(NCC(C)(C)NCC(=O)N2CCCC2)nc1. The number of hydrogen-bond donors (Lipinski definition) is 2. The Balaban J connectivity index is 1.85. The summed E-state index contributed by atoms with van der Waals surface area (Å²) >= 11 is 0. The highest BCUT2D eigenvalue weighted by atomic mass is 32.2. The summed E-state index contributed by atoms with van der Waals surface area (Å²) in [5, 5.41) is 6.45. The van der Waals surface area contributed by atoms with E-state index in [-0.39, 0.29) is 16.3 Å². The van der Waals surface area contributed by atoms with Crippen molar-refractivity contribution in [2.75, 3.05) is 45.6 Å². The van der Waals surface area contributed by atoms with Gasteiger partial charge in [0.25, 0.3) is 0 Å². The third-order valence-electron chi connectivity index (χ3n) is 4.40. The monoisotopic (exact) mass is 383 g/mol. The van der Waals surface area contributed by atoms with E-state index in [0.29, 0.717) is 18.9 Å². The molecular weight excluding hydrogens is 354 g/mol. The van der Waals surface area contributed by atoms with Crippen LogP contribution in [0, 0.1) is 0 Å². The molecule has 0 bridgehead atoms. The van der Waals surface area contributed by atoms with E-state index in [9.17, 15) is 13.2 Å². The molecule has 26 heavy (non-hydrogen) atoms. The summed E-state index contributed by atoms with van der Waals surface area (Å²) in [5.41, 5.74) is -0.314. The molecule has 8 nitrogen and oxygen atoms in total. The van der Waals surface area contributed by atoms with Gasteiger partial charge in [0.15, 0.2) is 0 Å². The number of likely N-dealkylation sites (tertiary alicyclic amines) is 1. The number of nitrogens with zero attached hydrogens (tertiary/aromatic N) is 3. The van der Waals surface area contributed by atoms with Crippen molar-refractivity contribution in [1.29, 1.82) is 0 Å². The van der Waals surface area contributed by atoms with Crippen LogP contribution in [-0.2, 0) is 14.8 Å². The summed E-state index contributed by atoms with van der Waals surface area (Å²) in [6, 6.07) is 3.17. The van der Waals surface area contributed by atoms with Crippen LogP contribution in [-0.4, -0.2) is 74.3 Å². The fraction of sp³-hybridized carbons (Fsp3) is 0.647. The van der Waals surface area contributed by atoms with Gasteiger partial charge < -0.3 is 15.5 Å². The Kier molecular flexibility index (Phi) is 6.59. The molecule has 1 aliphatic rings. The lowest BCUT2D eigenvalue weighted by atomic mass is 10.1. The lowest BCUT2D eigenvalue weighted by molar-refractivity contribution is -0.129. The number of sulfonamides is 1. The van der Waals surface area contributed by atoms with Crippen LogP contribution in [0.2, 0.25) is 0 Å². The average Bonchev–Trinajstić information content (AvgIpc) is 3.13. The molecule has 1 aromatic heterocycles. The van der Waals surface area contributed by atoms with Gasteiger partial charge in [0.05, 0.1) is 6.54 Å². The minimum absolute atomic E-state index is 0.131. The molecule has 0 unspecified atom stereocenters. The first kappa shape index (κ1) is 20.6. The summed E-state index contributed by atoms with van der Waals surface area (Å²) < 4.78 is 25.2. The molecule has 0 atom stereocenters. The zero-order valence-electron chi connectivity index (χ0n) is 15.9. The van der Waals surface area contributed by atoms with Crippen molar-refractivity contribution in [1.82, 2.24) is 19.5 Å². The minimum Gasteiger partial charge on any atom is -0.368 e. The third-order valence-corrected chi connectivity index (χ3v) is 6.20. The Morgan fingerprint density at radius 2 is 1.92 bits per heavy atom. The summed E-state index contributed by atoms with van der Waals surface area (Å²) in [4.78, 5) is 18.3. The molecule has 2 rings (SSSR count). The number of aromatic nitrogens is 1. The fourth-order valence-corrected chi connectivity index (χ4v) is 3.46. The van der Waals surface area contributed by atoms with Crippen molar-refractivity contribution in [3.8, 4) is 0 Å². The molecule has 0 saturated carbocycles. The Bertz CT molecular complexity index is 710. The Hall–Kier alpha value is -1.71. The van der Waals surface area contributed by atoms with Crippen LogP contribution in [0.1, 0.15) is 26.7 Å².